The molecule has 2 heteroatoms. The SMILES string of the molecule is CC(C)C[N]([AlH2])CC(C)C. The third-order valence-electron chi connectivity index (χ3n) is 1.35. The van der Waals surface area contributed by atoms with Crippen LogP contribution < -0.4 is 0 Å². The second-order valence-corrected chi connectivity index (χ2v) is 5.27. The Balaban J connectivity index is 3.34. The van der Waals surface area contributed by atoms with E-state index in [0.29, 0.717) is 0 Å². The van der Waals surface area contributed by atoms with Gasteiger partial charge in [0.2, 0.25) is 0 Å². The summed E-state index contributed by atoms with van der Waals surface area (Å²) in [5.41, 5.74) is 0. The topological polar surface area (TPSA) is 3.24 Å². The molecule has 0 unspecified atom stereocenters. The van der Waals surface area contributed by atoms with Crippen molar-refractivity contribution >= 4 is 16.5 Å². The Morgan fingerprint density at radius 2 is 1.30 bits per heavy atom. The molecule has 0 bridgehead atoms. The maximum atomic E-state index is 2.54. The summed E-state index contributed by atoms with van der Waals surface area (Å²) in [5, 5.41) is 0. The fourth-order valence-electron chi connectivity index (χ4n) is 1.32. The molecule has 0 aliphatic heterocycles. The molecule has 0 radical (unpaired) electrons. The fourth-order valence-corrected chi connectivity index (χ4v) is 2.78. The highest BCUT2D eigenvalue weighted by Gasteiger charge is 2.02. The molecular weight excluding hydrogens is 137 g/mol. The van der Waals surface area contributed by atoms with E-state index in [0.717, 1.165) is 11.8 Å². The summed E-state index contributed by atoms with van der Waals surface area (Å²) < 4.78 is 2.54. The maximum absolute atomic E-state index is 2.54. The second kappa shape index (κ2) is 5.18. The highest BCUT2D eigenvalue weighted by Crippen LogP contribution is 1.99. The van der Waals surface area contributed by atoms with Crippen molar-refractivity contribution in [2.75, 3.05) is 13.1 Å². The van der Waals surface area contributed by atoms with Crippen molar-refractivity contribution in [1.82, 2.24) is 3.88 Å². The predicted molar refractivity (Wildman–Crippen MR) is 49.8 cm³/mol. The van der Waals surface area contributed by atoms with Crippen molar-refractivity contribution in [3.8, 4) is 0 Å². The molecule has 60 valence electrons. The van der Waals surface area contributed by atoms with Crippen LogP contribution in [0.4, 0.5) is 0 Å². The first-order valence-corrected chi connectivity index (χ1v) is 5.10. The zero-order valence-corrected chi connectivity index (χ0v) is 10.0. The molecule has 0 spiro atoms. The Morgan fingerprint density at radius 1 is 1.00 bits per heavy atom. The predicted octanol–water partition coefficient (Wildman–Crippen LogP) is 1.15. The summed E-state index contributed by atoms with van der Waals surface area (Å²) in [6, 6.07) is 0. The van der Waals surface area contributed by atoms with Crippen molar-refractivity contribution in [3.63, 3.8) is 0 Å². The first-order valence-electron chi connectivity index (χ1n) is 4.21. The van der Waals surface area contributed by atoms with Gasteiger partial charge in [0.25, 0.3) is 0 Å². The van der Waals surface area contributed by atoms with Gasteiger partial charge in [-0.25, -0.2) is 0 Å². The number of hydrogen-bond acceptors (Lipinski definition) is 1. The summed E-state index contributed by atoms with van der Waals surface area (Å²) in [6.45, 7) is 11.7. The summed E-state index contributed by atoms with van der Waals surface area (Å²) in [7, 11) is 0. The highest BCUT2D eigenvalue weighted by molar-refractivity contribution is 6.04. The quantitative estimate of drug-likeness (QED) is 0.553. The van der Waals surface area contributed by atoms with Crippen molar-refractivity contribution in [3.05, 3.63) is 0 Å². The van der Waals surface area contributed by atoms with E-state index in [-0.39, 0.29) is 0 Å². The fraction of sp³-hybridized carbons (Fsp3) is 1.00. The van der Waals surface area contributed by atoms with E-state index in [1.165, 1.54) is 29.6 Å². The Kier molecular flexibility index (Phi) is 5.44. The van der Waals surface area contributed by atoms with Crippen LogP contribution in [0.15, 0.2) is 0 Å². The van der Waals surface area contributed by atoms with Crippen LogP contribution in [-0.2, 0) is 0 Å². The Labute approximate surface area is 73.4 Å². The molecule has 0 atom stereocenters. The van der Waals surface area contributed by atoms with E-state index in [1.807, 2.05) is 0 Å². The lowest BCUT2D eigenvalue weighted by molar-refractivity contribution is 0.352. The number of hydrogen-bond donors (Lipinski definition) is 0. The molecule has 0 N–H and O–H groups in total. The monoisotopic (exact) mass is 157 g/mol. The van der Waals surface area contributed by atoms with Crippen LogP contribution in [0, 0.1) is 11.8 Å². The van der Waals surface area contributed by atoms with Crippen molar-refractivity contribution in [2.45, 2.75) is 27.7 Å². The molecule has 0 aliphatic rings. The molecule has 0 aromatic rings. The molecular formula is C8H20AlN. The highest BCUT2D eigenvalue weighted by atomic mass is 27.1. The van der Waals surface area contributed by atoms with Gasteiger partial charge in [-0.05, 0) is 24.9 Å². The van der Waals surface area contributed by atoms with E-state index in [2.05, 4.69) is 31.6 Å². The average molecular weight is 157 g/mol. The minimum atomic E-state index is 0.830. The van der Waals surface area contributed by atoms with Gasteiger partial charge in [0, 0.05) is 0 Å². The standard InChI is InChI=1S/C8H18N.Al.2H/c1-7(2)5-9-6-8(3)4;;;/h7-8H,5-6H2,1-4H3;;;/q-1;+1;;. The van der Waals surface area contributed by atoms with E-state index in [4.69, 9.17) is 0 Å². The van der Waals surface area contributed by atoms with Gasteiger partial charge in [0.1, 0.15) is 0 Å². The molecule has 0 heterocycles. The van der Waals surface area contributed by atoms with Crippen LogP contribution in [0.25, 0.3) is 0 Å². The van der Waals surface area contributed by atoms with Crippen molar-refractivity contribution < 1.29 is 0 Å². The van der Waals surface area contributed by atoms with Crippen molar-refractivity contribution in [2.24, 2.45) is 11.8 Å². The van der Waals surface area contributed by atoms with Gasteiger partial charge in [-0.3, -0.25) is 0 Å². The first kappa shape index (κ1) is 10.5. The molecule has 10 heavy (non-hydrogen) atoms. The van der Waals surface area contributed by atoms with Gasteiger partial charge in [0.15, 0.2) is 0 Å². The van der Waals surface area contributed by atoms with Crippen LogP contribution in [0.5, 0.6) is 0 Å². The van der Waals surface area contributed by atoms with Gasteiger partial charge < -0.3 is 3.88 Å². The average Bonchev–Trinajstić information content (AvgIpc) is 1.58. The molecule has 0 fully saturated rings. The Morgan fingerprint density at radius 3 is 1.50 bits per heavy atom. The van der Waals surface area contributed by atoms with Gasteiger partial charge in [0.05, 0.1) is 0 Å². The van der Waals surface area contributed by atoms with E-state index >= 15 is 0 Å². The summed E-state index contributed by atoms with van der Waals surface area (Å²) >= 11 is 1.22. The van der Waals surface area contributed by atoms with Crippen LogP contribution >= 0.6 is 0 Å². The van der Waals surface area contributed by atoms with Crippen LogP contribution in [0.2, 0.25) is 0 Å². The lowest BCUT2D eigenvalue weighted by Gasteiger charge is -2.21. The molecule has 0 aromatic heterocycles. The van der Waals surface area contributed by atoms with Crippen LogP contribution in [0.3, 0.4) is 0 Å². The molecule has 0 rings (SSSR count). The zero-order valence-electron chi connectivity index (χ0n) is 8.02. The van der Waals surface area contributed by atoms with Crippen LogP contribution in [0.1, 0.15) is 27.7 Å². The maximum Gasteiger partial charge on any atom is 0.321 e. The molecule has 1 nitrogen and oxygen atoms in total. The van der Waals surface area contributed by atoms with E-state index in [1.54, 1.807) is 0 Å². The van der Waals surface area contributed by atoms with E-state index < -0.39 is 0 Å². The summed E-state index contributed by atoms with van der Waals surface area (Å²) in [5.74, 6) is 1.66. The summed E-state index contributed by atoms with van der Waals surface area (Å²) in [6.07, 6.45) is 0. The van der Waals surface area contributed by atoms with Crippen molar-refractivity contribution in [1.29, 1.82) is 0 Å². The molecule has 0 saturated carbocycles. The van der Waals surface area contributed by atoms with Crippen LogP contribution in [-0.4, -0.2) is 33.5 Å². The van der Waals surface area contributed by atoms with E-state index in [9.17, 15) is 0 Å². The largest absolute Gasteiger partial charge is 0.390 e. The first-order chi connectivity index (χ1) is 4.52. The smallest absolute Gasteiger partial charge is 0.321 e. The van der Waals surface area contributed by atoms with Gasteiger partial charge in [-0.15, -0.1) is 0 Å². The minimum Gasteiger partial charge on any atom is -0.390 e. The minimum absolute atomic E-state index is 0.830. The van der Waals surface area contributed by atoms with Gasteiger partial charge >= 0.3 is 16.5 Å². The summed E-state index contributed by atoms with van der Waals surface area (Å²) in [4.78, 5) is 0. The molecule has 0 aromatic carbocycles. The zero-order chi connectivity index (χ0) is 8.15. The third kappa shape index (κ3) is 6.61. The lowest BCUT2D eigenvalue weighted by atomic mass is 10.2. The molecule has 0 amide bonds. The normalized spacial score (nSPS) is 11.9. The van der Waals surface area contributed by atoms with Gasteiger partial charge in [-0.2, -0.15) is 0 Å². The Bertz CT molecular complexity index is 71.3. The number of nitrogens with zero attached hydrogens (tertiary/aromatic N) is 1. The number of rotatable bonds is 4. The Hall–Kier alpha value is 0.492. The molecule has 0 aliphatic carbocycles. The molecule has 0 saturated heterocycles. The third-order valence-corrected chi connectivity index (χ3v) is 2.08. The lowest BCUT2D eigenvalue weighted by Crippen LogP contribution is -2.28. The second-order valence-electron chi connectivity index (χ2n) is 4.01. The van der Waals surface area contributed by atoms with Gasteiger partial charge in [-0.1, -0.05) is 27.7 Å².